The van der Waals surface area contributed by atoms with Gasteiger partial charge in [-0.15, -0.1) is 0 Å². The molecule has 3 heterocycles. The highest BCUT2D eigenvalue weighted by Gasteiger charge is 2.59. The molecule has 0 saturated carbocycles. The summed E-state index contributed by atoms with van der Waals surface area (Å²) in [5.41, 5.74) is 3.75. The molecule has 0 radical (unpaired) electrons. The van der Waals surface area contributed by atoms with Crippen LogP contribution in [0.2, 0.25) is 0 Å². The topological polar surface area (TPSA) is 187 Å². The second kappa shape index (κ2) is 7.74. The molecule has 0 amide bonds. The summed E-state index contributed by atoms with van der Waals surface area (Å²) >= 11 is 4.55. The van der Waals surface area contributed by atoms with Gasteiger partial charge in [-0.1, -0.05) is 6.92 Å². The van der Waals surface area contributed by atoms with Gasteiger partial charge in [-0.25, -0.2) is 14.8 Å². The number of hydrogen-bond donors (Lipinski definition) is 5. The van der Waals surface area contributed by atoms with E-state index in [0.29, 0.717) is 0 Å². The summed E-state index contributed by atoms with van der Waals surface area (Å²) in [4.78, 5) is 52.0. The van der Waals surface area contributed by atoms with E-state index in [1.54, 1.807) is 6.92 Å². The van der Waals surface area contributed by atoms with Gasteiger partial charge >= 0.3 is 6.72 Å². The van der Waals surface area contributed by atoms with Crippen LogP contribution in [0.1, 0.15) is 13.3 Å². The molecule has 0 aromatic carbocycles. The van der Waals surface area contributed by atoms with E-state index in [2.05, 4.69) is 26.8 Å². The minimum Gasteiger partial charge on any atom is -0.394 e. The number of anilines is 1. The van der Waals surface area contributed by atoms with Gasteiger partial charge in [0.2, 0.25) is 5.95 Å². The van der Waals surface area contributed by atoms with Crippen molar-refractivity contribution in [2.75, 3.05) is 19.5 Å². The number of aliphatic hydroxyl groups is 1. The molecule has 2 aromatic rings. The number of nitrogens with two attached hydrogens (primary N) is 1. The van der Waals surface area contributed by atoms with Gasteiger partial charge in [-0.05, 0) is 18.2 Å². The molecule has 0 unspecified atom stereocenters. The molecule has 6 N–H and O–H groups in total. The molecular formula is C13H20N5O8PS. The van der Waals surface area contributed by atoms with E-state index in [4.69, 9.17) is 24.8 Å². The summed E-state index contributed by atoms with van der Waals surface area (Å²) in [6.07, 6.45) is -1.90. The fourth-order valence-electron chi connectivity index (χ4n) is 3.36. The van der Waals surface area contributed by atoms with Crippen molar-refractivity contribution in [2.24, 2.45) is 0 Å². The fourth-order valence-corrected chi connectivity index (χ4v) is 4.22. The Hall–Kier alpha value is -1.48. The Morgan fingerprint density at radius 1 is 1.54 bits per heavy atom. The summed E-state index contributed by atoms with van der Waals surface area (Å²) in [7, 11) is 1.24. The molecule has 0 spiro atoms. The molecule has 0 bridgehead atoms. The summed E-state index contributed by atoms with van der Waals surface area (Å²) in [5.74, 6) is -0.138. The number of fused-ring (bicyclic) bond motifs is 1. The van der Waals surface area contributed by atoms with Crippen molar-refractivity contribution in [1.29, 1.82) is 0 Å². The van der Waals surface area contributed by atoms with Crippen LogP contribution in [0.4, 0.5) is 5.95 Å². The van der Waals surface area contributed by atoms with Crippen molar-refractivity contribution in [3.63, 3.8) is 0 Å². The monoisotopic (exact) mass is 437 g/mol. The Bertz CT molecular complexity index is 962. The Morgan fingerprint density at radius 2 is 2.25 bits per heavy atom. The van der Waals surface area contributed by atoms with Crippen molar-refractivity contribution in [1.82, 2.24) is 19.5 Å². The van der Waals surface area contributed by atoms with E-state index in [9.17, 15) is 19.7 Å². The predicted molar refractivity (Wildman–Crippen MR) is 98.3 cm³/mol. The van der Waals surface area contributed by atoms with Gasteiger partial charge in [0.05, 0.1) is 20.0 Å². The largest absolute Gasteiger partial charge is 0.394 e. The summed E-state index contributed by atoms with van der Waals surface area (Å²) in [5, 5.41) is 9.74. The molecule has 28 heavy (non-hydrogen) atoms. The van der Waals surface area contributed by atoms with Crippen molar-refractivity contribution < 1.29 is 33.9 Å². The number of nitrogens with zero attached hydrogens (tertiary/aromatic N) is 3. The SMILES string of the molecule is CC[C@@]1(n2cnc3c(=O)[nH]c(N)nc32)O[C@H](CO)[C@@H](OP(O)(O)=S)[C@H]1OOC. The zero-order valence-electron chi connectivity index (χ0n) is 14.9. The standard InChI is InChI=1S/C13H20N5O8PS/c1-3-13(18-5-15-7-10(18)16-12(14)17-11(7)20)9(25-23-2)8(6(4-19)24-13)26-27(21,22)28/h5-6,8-9,19H,3-4H2,1-2H3,(H2,21,22,28)(H3,14,16,17,20)/t6-,8-,9-,13-/m1/s1. The van der Waals surface area contributed by atoms with E-state index in [-0.39, 0.29) is 23.5 Å². The fraction of sp³-hybridized carbons (Fsp3) is 0.615. The molecule has 156 valence electrons. The van der Waals surface area contributed by atoms with Crippen LogP contribution < -0.4 is 11.3 Å². The molecule has 3 rings (SSSR count). The second-order valence-electron chi connectivity index (χ2n) is 6.02. The first-order valence-electron chi connectivity index (χ1n) is 8.12. The van der Waals surface area contributed by atoms with Crippen LogP contribution in [0.5, 0.6) is 0 Å². The Balaban J connectivity index is 2.20. The maximum Gasteiger partial charge on any atom is 0.322 e. The quantitative estimate of drug-likeness (QED) is 0.196. The molecule has 1 fully saturated rings. The first kappa shape index (κ1) is 21.2. The maximum absolute atomic E-state index is 12.1. The summed E-state index contributed by atoms with van der Waals surface area (Å²) < 4.78 is 12.6. The summed E-state index contributed by atoms with van der Waals surface area (Å²) in [6, 6.07) is 0. The van der Waals surface area contributed by atoms with Gasteiger partial charge in [0, 0.05) is 0 Å². The van der Waals surface area contributed by atoms with Gasteiger partial charge in [-0.2, -0.15) is 4.98 Å². The van der Waals surface area contributed by atoms with Gasteiger partial charge in [-0.3, -0.25) is 18.9 Å². The molecular weight excluding hydrogens is 417 g/mol. The lowest BCUT2D eigenvalue weighted by atomic mass is 10.00. The molecule has 15 heteroatoms. The maximum atomic E-state index is 12.1. The van der Waals surface area contributed by atoms with Crippen LogP contribution in [0, 0.1) is 0 Å². The first-order valence-corrected chi connectivity index (χ1v) is 10.7. The van der Waals surface area contributed by atoms with Crippen LogP contribution in [-0.2, 0) is 36.6 Å². The third-order valence-corrected chi connectivity index (χ3v) is 5.22. The highest BCUT2D eigenvalue weighted by Crippen LogP contribution is 2.48. The number of nitrogen functional groups attached to an aromatic ring is 1. The zero-order chi connectivity index (χ0) is 20.7. The molecule has 1 saturated heterocycles. The van der Waals surface area contributed by atoms with E-state index >= 15 is 0 Å². The third kappa shape index (κ3) is 3.58. The lowest BCUT2D eigenvalue weighted by Gasteiger charge is -2.34. The van der Waals surface area contributed by atoms with E-state index in [1.165, 1.54) is 18.0 Å². The molecule has 0 aliphatic carbocycles. The van der Waals surface area contributed by atoms with E-state index in [1.807, 2.05) is 0 Å². The van der Waals surface area contributed by atoms with Crippen LogP contribution in [0.15, 0.2) is 11.1 Å². The summed E-state index contributed by atoms with van der Waals surface area (Å²) in [6.45, 7) is -2.95. The van der Waals surface area contributed by atoms with Gasteiger partial charge in [0.1, 0.15) is 12.2 Å². The second-order valence-corrected chi connectivity index (χ2v) is 8.64. The van der Waals surface area contributed by atoms with Crippen molar-refractivity contribution in [3.8, 4) is 0 Å². The van der Waals surface area contributed by atoms with Crippen molar-refractivity contribution >= 4 is 35.6 Å². The molecule has 13 nitrogen and oxygen atoms in total. The number of nitrogens with one attached hydrogen (secondary N) is 1. The number of aromatic nitrogens is 4. The Labute approximate surface area is 163 Å². The normalized spacial score (nSPS) is 28.2. The van der Waals surface area contributed by atoms with Crippen LogP contribution >= 0.6 is 6.72 Å². The number of ether oxygens (including phenoxy) is 1. The number of H-pyrrole nitrogens is 1. The van der Waals surface area contributed by atoms with Crippen molar-refractivity contribution in [2.45, 2.75) is 37.4 Å². The van der Waals surface area contributed by atoms with Crippen LogP contribution in [-0.4, -0.2) is 66.4 Å². The Morgan fingerprint density at radius 3 is 2.82 bits per heavy atom. The van der Waals surface area contributed by atoms with Gasteiger partial charge in [0.25, 0.3) is 5.56 Å². The minimum absolute atomic E-state index is 0.00106. The Kier molecular flexibility index (Phi) is 5.87. The first-order chi connectivity index (χ1) is 13.2. The zero-order valence-corrected chi connectivity index (χ0v) is 16.6. The highest BCUT2D eigenvalue weighted by atomic mass is 32.5. The number of aromatic amines is 1. The molecule has 2 aromatic heterocycles. The number of hydrogen-bond acceptors (Lipinski definition) is 10. The predicted octanol–water partition coefficient (Wildman–Crippen LogP) is -1.30. The van der Waals surface area contributed by atoms with Gasteiger partial charge < -0.3 is 25.4 Å². The highest BCUT2D eigenvalue weighted by molar-refractivity contribution is 8.06. The molecule has 1 aliphatic heterocycles. The molecule has 4 atom stereocenters. The average molecular weight is 437 g/mol. The van der Waals surface area contributed by atoms with Crippen LogP contribution in [0.25, 0.3) is 11.2 Å². The van der Waals surface area contributed by atoms with Crippen LogP contribution in [0.3, 0.4) is 0 Å². The minimum atomic E-state index is -4.14. The van der Waals surface area contributed by atoms with E-state index in [0.717, 1.165) is 0 Å². The lowest BCUT2D eigenvalue weighted by molar-refractivity contribution is -0.344. The number of aliphatic hydroxyl groups excluding tert-OH is 1. The molecule has 1 aliphatic rings. The third-order valence-electron chi connectivity index (χ3n) is 4.44. The number of imidazole rings is 1. The average Bonchev–Trinajstić information content (AvgIpc) is 3.15. The van der Waals surface area contributed by atoms with Crippen molar-refractivity contribution in [3.05, 3.63) is 16.7 Å². The lowest BCUT2D eigenvalue weighted by Crippen LogP contribution is -2.47. The number of rotatable bonds is 7. The van der Waals surface area contributed by atoms with Gasteiger partial charge in [0.15, 0.2) is 23.0 Å². The van der Waals surface area contributed by atoms with E-state index < -0.39 is 42.9 Å². The smallest absolute Gasteiger partial charge is 0.322 e.